The predicted octanol–water partition coefficient (Wildman–Crippen LogP) is 6.42. The Kier molecular flexibility index (Phi) is 4.69. The third-order valence-corrected chi connectivity index (χ3v) is 5.28. The van der Waals surface area contributed by atoms with Crippen LogP contribution < -0.4 is 4.74 Å². The van der Waals surface area contributed by atoms with Crippen LogP contribution in [0.5, 0.6) is 5.75 Å². The molecular weight excluding hydrogens is 394 g/mol. The zero-order chi connectivity index (χ0) is 20.5. The highest BCUT2D eigenvalue weighted by Crippen LogP contribution is 2.35. The third kappa shape index (κ3) is 3.31. The Morgan fingerprint density at radius 1 is 0.867 bits per heavy atom. The van der Waals surface area contributed by atoms with Crippen molar-refractivity contribution >= 4 is 22.5 Å². The van der Waals surface area contributed by atoms with Gasteiger partial charge in [-0.05, 0) is 36.4 Å². The van der Waals surface area contributed by atoms with Gasteiger partial charge in [-0.1, -0.05) is 54.1 Å². The van der Waals surface area contributed by atoms with E-state index in [1.54, 1.807) is 7.11 Å². The number of halogens is 1. The molecule has 0 spiro atoms. The summed E-state index contributed by atoms with van der Waals surface area (Å²) < 4.78 is 7.54. The van der Waals surface area contributed by atoms with Gasteiger partial charge in [-0.2, -0.15) is 5.10 Å². The first-order chi connectivity index (χ1) is 14.7. The van der Waals surface area contributed by atoms with Crippen LogP contribution in [0.4, 0.5) is 0 Å². The van der Waals surface area contributed by atoms with E-state index in [2.05, 4.69) is 0 Å². The molecule has 2 aromatic heterocycles. The number of hydrogen-bond donors (Lipinski definition) is 0. The second kappa shape index (κ2) is 7.65. The van der Waals surface area contributed by atoms with Crippen LogP contribution >= 0.6 is 11.6 Å². The fourth-order valence-electron chi connectivity index (χ4n) is 3.55. The molecule has 0 aliphatic rings. The standard InChI is InChI=1S/C25H18ClN3O/c1-30-24-15-23(27-22-10-6-5-9-20(22)24)21-16-29(19-7-3-2-4-8-19)28-25(21)17-11-13-18(26)14-12-17/h2-16H,1H3. The largest absolute Gasteiger partial charge is 0.496 e. The number of nitrogens with zero attached hydrogens (tertiary/aromatic N) is 3. The van der Waals surface area contributed by atoms with E-state index < -0.39 is 0 Å². The lowest BCUT2D eigenvalue weighted by atomic mass is 10.0. The first-order valence-electron chi connectivity index (χ1n) is 9.58. The van der Waals surface area contributed by atoms with Crippen LogP contribution in [-0.2, 0) is 0 Å². The van der Waals surface area contributed by atoms with Gasteiger partial charge in [-0.3, -0.25) is 0 Å². The third-order valence-electron chi connectivity index (χ3n) is 5.03. The quantitative estimate of drug-likeness (QED) is 0.342. The summed E-state index contributed by atoms with van der Waals surface area (Å²) in [5.74, 6) is 0.783. The molecular formula is C25H18ClN3O. The number of hydrogen-bond acceptors (Lipinski definition) is 3. The Balaban J connectivity index is 1.75. The lowest BCUT2D eigenvalue weighted by Gasteiger charge is -2.09. The maximum absolute atomic E-state index is 6.11. The van der Waals surface area contributed by atoms with Gasteiger partial charge in [0.05, 0.1) is 24.0 Å². The van der Waals surface area contributed by atoms with E-state index in [0.29, 0.717) is 5.02 Å². The molecule has 5 rings (SSSR count). The summed E-state index contributed by atoms with van der Waals surface area (Å²) in [6, 6.07) is 27.7. The average Bonchev–Trinajstić information content (AvgIpc) is 3.25. The van der Waals surface area contributed by atoms with Crippen molar-refractivity contribution in [3.63, 3.8) is 0 Å². The number of para-hydroxylation sites is 2. The molecule has 0 aliphatic heterocycles. The van der Waals surface area contributed by atoms with Gasteiger partial charge < -0.3 is 4.74 Å². The number of pyridine rings is 1. The Morgan fingerprint density at radius 2 is 1.60 bits per heavy atom. The van der Waals surface area contributed by atoms with Crippen LogP contribution in [0.1, 0.15) is 0 Å². The minimum absolute atomic E-state index is 0.688. The topological polar surface area (TPSA) is 39.9 Å². The van der Waals surface area contributed by atoms with Crippen molar-refractivity contribution in [2.24, 2.45) is 0 Å². The fourth-order valence-corrected chi connectivity index (χ4v) is 3.67. The summed E-state index contributed by atoms with van der Waals surface area (Å²) in [6.07, 6.45) is 2.01. The van der Waals surface area contributed by atoms with E-state index in [-0.39, 0.29) is 0 Å². The normalized spacial score (nSPS) is 11.0. The van der Waals surface area contributed by atoms with Gasteiger partial charge in [0.2, 0.25) is 0 Å². The molecule has 0 N–H and O–H groups in total. The highest BCUT2D eigenvalue weighted by molar-refractivity contribution is 6.30. The maximum Gasteiger partial charge on any atom is 0.130 e. The van der Waals surface area contributed by atoms with Gasteiger partial charge >= 0.3 is 0 Å². The lowest BCUT2D eigenvalue weighted by molar-refractivity contribution is 0.419. The lowest BCUT2D eigenvalue weighted by Crippen LogP contribution is -1.93. The molecule has 0 aliphatic carbocycles. The summed E-state index contributed by atoms with van der Waals surface area (Å²) in [4.78, 5) is 4.91. The molecule has 0 saturated carbocycles. The number of fused-ring (bicyclic) bond motifs is 1. The second-order valence-electron chi connectivity index (χ2n) is 6.91. The number of ether oxygens (including phenoxy) is 1. The van der Waals surface area contributed by atoms with Crippen molar-refractivity contribution in [1.29, 1.82) is 0 Å². The van der Waals surface area contributed by atoms with Gasteiger partial charge in [0.1, 0.15) is 11.4 Å². The highest BCUT2D eigenvalue weighted by Gasteiger charge is 2.17. The summed E-state index contributed by atoms with van der Waals surface area (Å²) >= 11 is 6.11. The molecule has 0 amide bonds. The van der Waals surface area contributed by atoms with Crippen LogP contribution in [0.3, 0.4) is 0 Å². The average molecular weight is 412 g/mol. The van der Waals surface area contributed by atoms with Crippen molar-refractivity contribution in [2.45, 2.75) is 0 Å². The molecule has 5 aromatic rings. The zero-order valence-corrected chi connectivity index (χ0v) is 17.0. The molecule has 2 heterocycles. The molecule has 146 valence electrons. The summed E-state index contributed by atoms with van der Waals surface area (Å²) in [7, 11) is 1.68. The predicted molar refractivity (Wildman–Crippen MR) is 121 cm³/mol. The molecule has 5 heteroatoms. The maximum atomic E-state index is 6.11. The Bertz CT molecular complexity index is 1330. The van der Waals surface area contributed by atoms with Crippen LogP contribution in [0.2, 0.25) is 5.02 Å². The highest BCUT2D eigenvalue weighted by atomic mass is 35.5. The molecule has 0 bridgehead atoms. The van der Waals surface area contributed by atoms with E-state index in [0.717, 1.165) is 44.9 Å². The number of aromatic nitrogens is 3. The monoisotopic (exact) mass is 411 g/mol. The zero-order valence-electron chi connectivity index (χ0n) is 16.3. The van der Waals surface area contributed by atoms with Crippen molar-refractivity contribution in [3.8, 4) is 34.0 Å². The van der Waals surface area contributed by atoms with Crippen LogP contribution in [0, 0.1) is 0 Å². The van der Waals surface area contributed by atoms with Gasteiger partial charge in [-0.25, -0.2) is 9.67 Å². The van der Waals surface area contributed by atoms with Crippen LogP contribution in [0.25, 0.3) is 39.1 Å². The SMILES string of the molecule is COc1cc(-c2cn(-c3ccccc3)nc2-c2ccc(Cl)cc2)nc2ccccc12. The van der Waals surface area contributed by atoms with Gasteiger partial charge in [0.25, 0.3) is 0 Å². The molecule has 4 nitrogen and oxygen atoms in total. The first kappa shape index (κ1) is 18.4. The van der Waals surface area contributed by atoms with Crippen molar-refractivity contribution in [3.05, 3.63) is 96.1 Å². The summed E-state index contributed by atoms with van der Waals surface area (Å²) in [5.41, 5.74) is 5.38. The van der Waals surface area contributed by atoms with Gasteiger partial charge in [-0.15, -0.1) is 0 Å². The van der Waals surface area contributed by atoms with Crippen LogP contribution in [0.15, 0.2) is 91.1 Å². The fraction of sp³-hybridized carbons (Fsp3) is 0.0400. The van der Waals surface area contributed by atoms with Crippen molar-refractivity contribution in [2.75, 3.05) is 7.11 Å². The molecule has 30 heavy (non-hydrogen) atoms. The summed E-state index contributed by atoms with van der Waals surface area (Å²) in [5, 5.41) is 6.55. The Hall–Kier alpha value is -3.63. The van der Waals surface area contributed by atoms with E-state index in [9.17, 15) is 0 Å². The smallest absolute Gasteiger partial charge is 0.130 e. The van der Waals surface area contributed by atoms with Crippen molar-refractivity contribution < 1.29 is 4.74 Å². The second-order valence-corrected chi connectivity index (χ2v) is 7.34. The van der Waals surface area contributed by atoms with E-state index >= 15 is 0 Å². The molecule has 3 aromatic carbocycles. The molecule has 0 radical (unpaired) electrons. The first-order valence-corrected chi connectivity index (χ1v) is 9.96. The minimum atomic E-state index is 0.688. The Labute approximate surface area is 179 Å². The molecule has 0 fully saturated rings. The number of methoxy groups -OCH3 is 1. The summed E-state index contributed by atoms with van der Waals surface area (Å²) in [6.45, 7) is 0. The number of benzene rings is 3. The van der Waals surface area contributed by atoms with Gasteiger partial charge in [0, 0.05) is 33.8 Å². The van der Waals surface area contributed by atoms with Crippen LogP contribution in [-0.4, -0.2) is 21.9 Å². The molecule has 0 saturated heterocycles. The number of rotatable bonds is 4. The van der Waals surface area contributed by atoms with E-state index in [1.165, 1.54) is 0 Å². The molecule has 0 atom stereocenters. The van der Waals surface area contributed by atoms with E-state index in [1.807, 2.05) is 95.8 Å². The molecule has 0 unspecified atom stereocenters. The Morgan fingerprint density at radius 3 is 2.37 bits per heavy atom. The van der Waals surface area contributed by atoms with Gasteiger partial charge in [0.15, 0.2) is 0 Å². The van der Waals surface area contributed by atoms with E-state index in [4.69, 9.17) is 26.4 Å². The minimum Gasteiger partial charge on any atom is -0.496 e. The van der Waals surface area contributed by atoms with Crippen molar-refractivity contribution in [1.82, 2.24) is 14.8 Å².